The topological polar surface area (TPSA) is 53.8 Å². The summed E-state index contributed by atoms with van der Waals surface area (Å²) in [5, 5.41) is 12.4. The van der Waals surface area contributed by atoms with E-state index >= 15 is 0 Å². The molecule has 1 aliphatic rings. The summed E-state index contributed by atoms with van der Waals surface area (Å²) in [5.41, 5.74) is -0.457. The highest BCUT2D eigenvalue weighted by atomic mass is 16.5. The summed E-state index contributed by atoms with van der Waals surface area (Å²) in [4.78, 5) is 11.5. The average Bonchev–Trinajstić information content (AvgIpc) is 2.12. The van der Waals surface area contributed by atoms with E-state index in [2.05, 4.69) is 6.58 Å². The van der Waals surface area contributed by atoms with Gasteiger partial charge in [-0.15, -0.1) is 0 Å². The van der Waals surface area contributed by atoms with Gasteiger partial charge in [-0.2, -0.15) is 0 Å². The van der Waals surface area contributed by atoms with E-state index in [-0.39, 0.29) is 17.1 Å². The second-order valence-electron chi connectivity index (χ2n) is 6.31. The molecule has 0 amide bonds. The van der Waals surface area contributed by atoms with Crippen molar-refractivity contribution < 1.29 is 14.6 Å². The smallest absolute Gasteiger partial charge is 0.333 e. The summed E-state index contributed by atoms with van der Waals surface area (Å²) in [5.74, 6) is -0.365. The molecule has 1 N–H and O–H groups in total. The fourth-order valence-corrected chi connectivity index (χ4v) is 2.65. The lowest BCUT2D eigenvalue weighted by atomic mass is 9.80. The second kappa shape index (κ2) is 4.42. The lowest BCUT2D eigenvalue weighted by Gasteiger charge is -2.54. The molecule has 0 spiro atoms. The summed E-state index contributed by atoms with van der Waals surface area (Å²) < 4.78 is 5.38. The normalized spacial score (nSPS) is 30.7. The monoisotopic (exact) mass is 241 g/mol. The van der Waals surface area contributed by atoms with Gasteiger partial charge >= 0.3 is 5.97 Å². The van der Waals surface area contributed by atoms with Crippen molar-refractivity contribution in [2.45, 2.75) is 64.6 Å². The van der Waals surface area contributed by atoms with Gasteiger partial charge in [0.2, 0.25) is 0 Å². The predicted molar refractivity (Wildman–Crippen MR) is 66.4 cm³/mol. The molecule has 0 aromatic heterocycles. The standard InChI is InChI=1S/C13H23NO3/c1-9(2)11(15)17-10-7-12(3,4)14(16)13(5,6)8-10/h10,14H,1,7-8H2,2-6H3. The largest absolute Gasteiger partial charge is 0.634 e. The minimum atomic E-state index is -0.429. The third-order valence-corrected chi connectivity index (χ3v) is 3.33. The Balaban J connectivity index is 2.78. The first-order valence-electron chi connectivity index (χ1n) is 5.98. The van der Waals surface area contributed by atoms with Crippen LogP contribution in [0.5, 0.6) is 0 Å². The number of rotatable bonds is 2. The molecular formula is C13H23NO3. The molecule has 1 fully saturated rings. The number of carbonyl (C=O) groups excluding carboxylic acids is 1. The number of quaternary nitrogens is 1. The molecule has 0 aromatic carbocycles. The molecule has 0 aliphatic carbocycles. The van der Waals surface area contributed by atoms with Gasteiger partial charge in [0.05, 0.1) is 11.1 Å². The summed E-state index contributed by atoms with van der Waals surface area (Å²) in [6, 6.07) is 0. The van der Waals surface area contributed by atoms with E-state index in [9.17, 15) is 10.0 Å². The zero-order valence-electron chi connectivity index (χ0n) is 11.4. The van der Waals surface area contributed by atoms with Crippen molar-refractivity contribution in [3.63, 3.8) is 0 Å². The molecule has 98 valence electrons. The highest BCUT2D eigenvalue weighted by Gasteiger charge is 2.46. The van der Waals surface area contributed by atoms with Crippen molar-refractivity contribution >= 4 is 5.97 Å². The van der Waals surface area contributed by atoms with Gasteiger partial charge in [0.25, 0.3) is 0 Å². The number of carbonyl (C=O) groups is 1. The number of hydroxylamine groups is 2. The van der Waals surface area contributed by atoms with E-state index in [0.717, 1.165) is 0 Å². The van der Waals surface area contributed by atoms with E-state index in [1.807, 2.05) is 27.7 Å². The molecule has 0 bridgehead atoms. The van der Waals surface area contributed by atoms with E-state index in [0.29, 0.717) is 18.4 Å². The van der Waals surface area contributed by atoms with Crippen molar-refractivity contribution in [1.29, 1.82) is 0 Å². The Kier molecular flexibility index (Phi) is 3.69. The Hall–Kier alpha value is -0.870. The van der Waals surface area contributed by atoms with Gasteiger partial charge in [0, 0.05) is 18.4 Å². The molecule has 1 heterocycles. The van der Waals surface area contributed by atoms with Crippen molar-refractivity contribution in [2.24, 2.45) is 0 Å². The molecule has 0 atom stereocenters. The lowest BCUT2D eigenvalue weighted by Crippen LogP contribution is -3.23. The van der Waals surface area contributed by atoms with Crippen LogP contribution < -0.4 is 5.06 Å². The molecule has 0 saturated carbocycles. The van der Waals surface area contributed by atoms with Crippen molar-refractivity contribution in [2.75, 3.05) is 0 Å². The Bertz CT molecular complexity index is 316. The van der Waals surface area contributed by atoms with Gasteiger partial charge in [-0.3, -0.25) is 0 Å². The lowest BCUT2D eigenvalue weighted by molar-refractivity contribution is -0.956. The molecule has 1 saturated heterocycles. The Morgan fingerprint density at radius 2 is 1.71 bits per heavy atom. The minimum Gasteiger partial charge on any atom is -0.634 e. The van der Waals surface area contributed by atoms with Crippen molar-refractivity contribution in [3.05, 3.63) is 17.4 Å². The maximum Gasteiger partial charge on any atom is 0.333 e. The second-order valence-corrected chi connectivity index (χ2v) is 6.31. The summed E-state index contributed by atoms with van der Waals surface area (Å²) >= 11 is 0. The molecule has 4 nitrogen and oxygen atoms in total. The first kappa shape index (κ1) is 14.2. The van der Waals surface area contributed by atoms with Crippen LogP contribution in [-0.4, -0.2) is 23.2 Å². The van der Waals surface area contributed by atoms with Crippen LogP contribution in [0.2, 0.25) is 0 Å². The number of nitrogens with one attached hydrogen (secondary N) is 1. The van der Waals surface area contributed by atoms with Crippen LogP contribution in [0.4, 0.5) is 0 Å². The van der Waals surface area contributed by atoms with Gasteiger partial charge in [-0.1, -0.05) is 6.58 Å². The highest BCUT2D eigenvalue weighted by Crippen LogP contribution is 2.26. The van der Waals surface area contributed by atoms with Gasteiger partial charge in [-0.25, -0.2) is 4.79 Å². The van der Waals surface area contributed by atoms with E-state index in [1.54, 1.807) is 6.92 Å². The Labute approximate surface area is 103 Å². The van der Waals surface area contributed by atoms with Crippen LogP contribution >= 0.6 is 0 Å². The quantitative estimate of drug-likeness (QED) is 0.449. The first-order valence-corrected chi connectivity index (χ1v) is 5.98. The molecule has 1 rings (SSSR count). The molecule has 1 aliphatic heterocycles. The summed E-state index contributed by atoms with van der Waals surface area (Å²) in [6.07, 6.45) is 0.990. The van der Waals surface area contributed by atoms with Crippen molar-refractivity contribution in [1.82, 2.24) is 0 Å². The van der Waals surface area contributed by atoms with Crippen LogP contribution in [0.1, 0.15) is 47.5 Å². The van der Waals surface area contributed by atoms with Crippen LogP contribution in [0.25, 0.3) is 0 Å². The third kappa shape index (κ3) is 3.07. The number of piperidine rings is 1. The molecule has 0 aromatic rings. The van der Waals surface area contributed by atoms with E-state index in [1.165, 1.54) is 0 Å². The maximum atomic E-state index is 12.2. The maximum absolute atomic E-state index is 12.2. The average molecular weight is 241 g/mol. The van der Waals surface area contributed by atoms with Gasteiger partial charge in [0.15, 0.2) is 0 Å². The third-order valence-electron chi connectivity index (χ3n) is 3.33. The number of ether oxygens (including phenoxy) is 1. The van der Waals surface area contributed by atoms with E-state index < -0.39 is 11.1 Å². The van der Waals surface area contributed by atoms with Gasteiger partial charge in [0.1, 0.15) is 6.10 Å². The van der Waals surface area contributed by atoms with E-state index in [4.69, 9.17) is 4.74 Å². The Morgan fingerprint density at radius 1 is 1.29 bits per heavy atom. The van der Waals surface area contributed by atoms with Crippen LogP contribution in [-0.2, 0) is 9.53 Å². The van der Waals surface area contributed by atoms with Crippen LogP contribution in [0.3, 0.4) is 0 Å². The van der Waals surface area contributed by atoms with Crippen LogP contribution in [0.15, 0.2) is 12.2 Å². The highest BCUT2D eigenvalue weighted by molar-refractivity contribution is 5.87. The van der Waals surface area contributed by atoms with Gasteiger partial charge in [-0.05, 0) is 34.6 Å². The minimum absolute atomic E-state index is 0.193. The molecule has 0 radical (unpaired) electrons. The molecule has 0 unspecified atom stereocenters. The first-order chi connectivity index (χ1) is 7.56. The molecular weight excluding hydrogens is 218 g/mol. The zero-order chi connectivity index (χ0) is 13.4. The predicted octanol–water partition coefficient (Wildman–Crippen LogP) is 1.21. The summed E-state index contributed by atoms with van der Waals surface area (Å²) in [7, 11) is 0. The number of hydrogen-bond acceptors (Lipinski definition) is 3. The van der Waals surface area contributed by atoms with Crippen molar-refractivity contribution in [3.8, 4) is 0 Å². The Morgan fingerprint density at radius 3 is 2.06 bits per heavy atom. The fraction of sp³-hybridized carbons (Fsp3) is 0.769. The van der Waals surface area contributed by atoms with Gasteiger partial charge < -0.3 is 15.0 Å². The number of hydrogen-bond donors (Lipinski definition) is 1. The summed E-state index contributed by atoms with van der Waals surface area (Å²) in [6.45, 7) is 12.9. The van der Waals surface area contributed by atoms with Crippen LogP contribution in [0, 0.1) is 5.21 Å². The fourth-order valence-electron chi connectivity index (χ4n) is 2.65. The number of esters is 1. The SMILES string of the molecule is C=C(C)C(=O)OC1CC(C)(C)[NH+]([O-])C(C)(C)C1. The molecule has 17 heavy (non-hydrogen) atoms. The molecule has 4 heteroatoms. The zero-order valence-corrected chi connectivity index (χ0v) is 11.4.